The smallest absolute Gasteiger partial charge is 0.211 e. The third kappa shape index (κ3) is 6.66. The summed E-state index contributed by atoms with van der Waals surface area (Å²) in [6.45, 7) is 4.21. The molecule has 0 aliphatic carbocycles. The number of aromatic nitrogens is 1. The van der Waals surface area contributed by atoms with Gasteiger partial charge in [-0.1, -0.05) is 6.58 Å². The second-order valence-electron chi connectivity index (χ2n) is 4.70. The number of rotatable bonds is 9. The average Bonchev–Trinajstić information content (AvgIpc) is 2.54. The molecule has 1 N–H and O–H groups in total. The highest BCUT2D eigenvalue weighted by Gasteiger charge is 2.07. The number of aldehydes is 1. The molecule has 0 spiro atoms. The van der Waals surface area contributed by atoms with E-state index in [9.17, 15) is 14.0 Å². The van der Waals surface area contributed by atoms with Crippen LogP contribution in [0.4, 0.5) is 4.39 Å². The van der Waals surface area contributed by atoms with Crippen LogP contribution < -0.4 is 5.32 Å². The molecule has 0 radical (unpaired) electrons. The van der Waals surface area contributed by atoms with Crippen molar-refractivity contribution in [1.82, 2.24) is 15.2 Å². The molecule has 0 aliphatic heterocycles. The van der Waals surface area contributed by atoms with Gasteiger partial charge in [-0.05, 0) is 47.3 Å². The highest BCUT2D eigenvalue weighted by Crippen LogP contribution is 2.17. The van der Waals surface area contributed by atoms with E-state index in [4.69, 9.17) is 0 Å². The Kier molecular flexibility index (Phi) is 8.07. The molecule has 0 saturated heterocycles. The summed E-state index contributed by atoms with van der Waals surface area (Å²) in [6, 6.07) is 3.44. The van der Waals surface area contributed by atoms with Gasteiger partial charge in [-0.25, -0.2) is 4.39 Å². The molecule has 23 heavy (non-hydrogen) atoms. The van der Waals surface area contributed by atoms with E-state index in [-0.39, 0.29) is 4.48 Å². The summed E-state index contributed by atoms with van der Waals surface area (Å²) in [5, 5.41) is 2.53. The van der Waals surface area contributed by atoms with E-state index in [1.165, 1.54) is 12.3 Å². The quantitative estimate of drug-likeness (QED) is 0.527. The van der Waals surface area contributed by atoms with Crippen molar-refractivity contribution in [1.29, 1.82) is 0 Å². The van der Waals surface area contributed by atoms with E-state index < -0.39 is 5.83 Å². The van der Waals surface area contributed by atoms with Gasteiger partial charge < -0.3 is 5.32 Å². The molecule has 1 rings (SSSR count). The van der Waals surface area contributed by atoms with Crippen molar-refractivity contribution in [3.05, 3.63) is 64.3 Å². The van der Waals surface area contributed by atoms with E-state index in [0.29, 0.717) is 30.8 Å². The fourth-order valence-corrected chi connectivity index (χ4v) is 2.19. The zero-order chi connectivity index (χ0) is 17.2. The van der Waals surface area contributed by atoms with Crippen LogP contribution in [0.5, 0.6) is 0 Å². The zero-order valence-electron chi connectivity index (χ0n) is 12.6. The predicted octanol–water partition coefficient (Wildman–Crippen LogP) is 2.72. The van der Waals surface area contributed by atoms with E-state index in [1.807, 2.05) is 11.9 Å². The van der Waals surface area contributed by atoms with Crippen molar-refractivity contribution in [2.45, 2.75) is 6.54 Å². The monoisotopic (exact) mass is 381 g/mol. The number of nitrogens with zero attached hydrogens (tertiary/aromatic N) is 2. The highest BCUT2D eigenvalue weighted by atomic mass is 79.9. The fraction of sp³-hybridized carbons (Fsp3) is 0.188. The van der Waals surface area contributed by atoms with Gasteiger partial charge in [0.25, 0.3) is 0 Å². The molecule has 1 aromatic rings. The Morgan fingerprint density at radius 3 is 2.74 bits per heavy atom. The van der Waals surface area contributed by atoms with Gasteiger partial charge in [0, 0.05) is 30.5 Å². The molecular weight excluding hydrogens is 365 g/mol. The van der Waals surface area contributed by atoms with Crippen LogP contribution in [0, 0.1) is 0 Å². The van der Waals surface area contributed by atoms with Crippen LogP contribution >= 0.6 is 15.9 Å². The number of pyridine rings is 1. The highest BCUT2D eigenvalue weighted by molar-refractivity contribution is 9.11. The topological polar surface area (TPSA) is 62.3 Å². The minimum absolute atomic E-state index is 0.193. The van der Waals surface area contributed by atoms with Crippen LogP contribution in [-0.2, 0) is 11.3 Å². The number of halogens is 2. The van der Waals surface area contributed by atoms with Crippen LogP contribution in [-0.4, -0.2) is 36.2 Å². The summed E-state index contributed by atoms with van der Waals surface area (Å²) in [6.07, 6.45) is 5.30. The van der Waals surface area contributed by atoms with E-state index >= 15 is 0 Å². The third-order valence-corrected chi connectivity index (χ3v) is 3.42. The lowest BCUT2D eigenvalue weighted by molar-refractivity contribution is -0.109. The summed E-state index contributed by atoms with van der Waals surface area (Å²) in [5.41, 5.74) is 1.79. The molecule has 122 valence electrons. The molecule has 7 heteroatoms. The van der Waals surface area contributed by atoms with Gasteiger partial charge in [0.2, 0.25) is 6.41 Å². The molecule has 5 nitrogen and oxygen atoms in total. The number of likely N-dealkylation sites (N-methyl/N-ethyl adjacent to an activating group) is 1. The Morgan fingerprint density at radius 1 is 1.48 bits per heavy atom. The maximum absolute atomic E-state index is 13.4. The van der Waals surface area contributed by atoms with Gasteiger partial charge in [0.05, 0.1) is 10.2 Å². The Bertz CT molecular complexity index is 627. The molecule has 1 amide bonds. The SMILES string of the molecule is C=C/C(F)=C(Br)\C=C(/CN(C)Cc1ccc(C=O)cn1)NC=O. The lowest BCUT2D eigenvalue weighted by Crippen LogP contribution is -2.27. The van der Waals surface area contributed by atoms with Crippen LogP contribution in [0.25, 0.3) is 0 Å². The maximum atomic E-state index is 13.4. The van der Waals surface area contributed by atoms with Crippen LogP contribution in [0.3, 0.4) is 0 Å². The number of carbonyl (C=O) groups is 2. The van der Waals surface area contributed by atoms with Gasteiger partial charge in [-0.2, -0.15) is 0 Å². The molecule has 0 fully saturated rings. The fourth-order valence-electron chi connectivity index (χ4n) is 1.75. The molecule has 0 unspecified atom stereocenters. The second kappa shape index (κ2) is 9.81. The van der Waals surface area contributed by atoms with E-state index in [1.54, 1.807) is 12.1 Å². The molecule has 0 bridgehead atoms. The molecule has 0 atom stereocenters. The lowest BCUT2D eigenvalue weighted by Gasteiger charge is -2.18. The Morgan fingerprint density at radius 2 is 2.22 bits per heavy atom. The molecule has 0 aromatic carbocycles. The van der Waals surface area contributed by atoms with E-state index in [2.05, 4.69) is 32.8 Å². The van der Waals surface area contributed by atoms with Gasteiger partial charge in [0.15, 0.2) is 6.29 Å². The van der Waals surface area contributed by atoms with Crippen LogP contribution in [0.15, 0.2) is 53.1 Å². The molecular formula is C16H17BrFN3O2. The minimum Gasteiger partial charge on any atom is -0.331 e. The van der Waals surface area contributed by atoms with Gasteiger partial charge in [-0.15, -0.1) is 0 Å². The summed E-state index contributed by atoms with van der Waals surface area (Å²) < 4.78 is 13.6. The molecule has 1 heterocycles. The number of allylic oxidation sites excluding steroid dienone is 4. The number of amides is 1. The Labute approximate surface area is 142 Å². The second-order valence-corrected chi connectivity index (χ2v) is 5.56. The van der Waals surface area contributed by atoms with Crippen molar-refractivity contribution < 1.29 is 14.0 Å². The normalized spacial score (nSPS) is 12.6. The first-order valence-corrected chi connectivity index (χ1v) is 7.46. The first-order valence-electron chi connectivity index (χ1n) is 6.67. The lowest BCUT2D eigenvalue weighted by atomic mass is 10.2. The summed E-state index contributed by atoms with van der Waals surface area (Å²) in [5.74, 6) is -0.524. The van der Waals surface area contributed by atoms with Crippen molar-refractivity contribution >= 4 is 28.6 Å². The Hall–Kier alpha value is -2.12. The summed E-state index contributed by atoms with van der Waals surface area (Å²) in [4.78, 5) is 27.3. The van der Waals surface area contributed by atoms with Crippen molar-refractivity contribution in [2.75, 3.05) is 13.6 Å². The molecule has 0 saturated carbocycles. The van der Waals surface area contributed by atoms with Crippen molar-refractivity contribution in [2.24, 2.45) is 0 Å². The standard InChI is InChI=1S/C16H17BrFN3O2/c1-3-16(18)15(17)6-14(20-11-23)9-21(2)8-13-5-4-12(10-22)7-19-13/h3-7,10-11H,1,8-9H2,2H3,(H,20,23)/b14-6+,16-15-. The largest absolute Gasteiger partial charge is 0.331 e. The number of nitrogens with one attached hydrogen (secondary N) is 1. The first kappa shape index (κ1) is 18.9. The third-order valence-electron chi connectivity index (χ3n) is 2.81. The van der Waals surface area contributed by atoms with Crippen LogP contribution in [0.2, 0.25) is 0 Å². The maximum Gasteiger partial charge on any atom is 0.211 e. The molecule has 0 aliphatic rings. The van der Waals surface area contributed by atoms with E-state index in [0.717, 1.165) is 18.1 Å². The minimum atomic E-state index is -0.524. The van der Waals surface area contributed by atoms with Gasteiger partial charge in [0.1, 0.15) is 5.83 Å². The Balaban J connectivity index is 2.78. The zero-order valence-corrected chi connectivity index (χ0v) is 14.2. The average molecular weight is 382 g/mol. The first-order chi connectivity index (χ1) is 11.0. The molecule has 1 aromatic heterocycles. The number of carbonyl (C=O) groups excluding carboxylic acids is 2. The summed E-state index contributed by atoms with van der Waals surface area (Å²) >= 11 is 3.08. The summed E-state index contributed by atoms with van der Waals surface area (Å²) in [7, 11) is 1.83. The predicted molar refractivity (Wildman–Crippen MR) is 90.5 cm³/mol. The number of hydrogen-bond donors (Lipinski definition) is 1. The van der Waals surface area contributed by atoms with Crippen molar-refractivity contribution in [3.63, 3.8) is 0 Å². The number of hydrogen-bond acceptors (Lipinski definition) is 4. The van der Waals surface area contributed by atoms with Gasteiger partial charge >= 0.3 is 0 Å². The van der Waals surface area contributed by atoms with Gasteiger partial charge in [-0.3, -0.25) is 19.5 Å². The van der Waals surface area contributed by atoms with Crippen molar-refractivity contribution in [3.8, 4) is 0 Å². The van der Waals surface area contributed by atoms with Crippen LogP contribution in [0.1, 0.15) is 16.1 Å².